The van der Waals surface area contributed by atoms with Gasteiger partial charge in [-0.3, -0.25) is 19.2 Å². The number of aromatic amines is 1. The fourth-order valence-corrected chi connectivity index (χ4v) is 3.90. The van der Waals surface area contributed by atoms with Crippen molar-refractivity contribution >= 4 is 22.9 Å². The maximum absolute atomic E-state index is 12.7. The molecule has 2 heterocycles. The first-order valence-electron chi connectivity index (χ1n) is 10.1. The first-order valence-corrected chi connectivity index (χ1v) is 10.1. The molecule has 2 aromatic heterocycles. The first kappa shape index (κ1) is 19.7. The van der Waals surface area contributed by atoms with E-state index in [-0.39, 0.29) is 11.6 Å². The van der Waals surface area contributed by atoms with Crippen LogP contribution in [0.2, 0.25) is 0 Å². The number of carbonyl (C=O) groups is 1. The van der Waals surface area contributed by atoms with Gasteiger partial charge in [-0.2, -0.15) is 0 Å². The fraction of sp³-hybridized carbons (Fsp3) is 0.261. The van der Waals surface area contributed by atoms with Gasteiger partial charge in [-0.1, -0.05) is 29.8 Å². The summed E-state index contributed by atoms with van der Waals surface area (Å²) in [6, 6.07) is 14.0. The highest BCUT2D eigenvalue weighted by atomic mass is 16.2. The Morgan fingerprint density at radius 2 is 1.77 bits per heavy atom. The van der Waals surface area contributed by atoms with Crippen molar-refractivity contribution in [3.8, 4) is 22.5 Å². The molecule has 0 atom stereocenters. The zero-order valence-corrected chi connectivity index (χ0v) is 17.6. The predicted octanol–water partition coefficient (Wildman–Crippen LogP) is 4.17. The molecule has 0 aliphatic rings. The van der Waals surface area contributed by atoms with Crippen LogP contribution in [-0.4, -0.2) is 25.0 Å². The summed E-state index contributed by atoms with van der Waals surface area (Å²) in [5, 5.41) is 2.74. The number of carbonyl (C=O) groups excluding carboxylic acids is 1. The van der Waals surface area contributed by atoms with Crippen LogP contribution in [0.25, 0.3) is 33.5 Å². The Hall–Kier alpha value is -3.61. The summed E-state index contributed by atoms with van der Waals surface area (Å²) < 4.78 is 3.56. The Balaban J connectivity index is 1.95. The number of aryl methyl sites for hydroxylation is 3. The highest BCUT2D eigenvalue weighted by Gasteiger charge is 2.18. The summed E-state index contributed by atoms with van der Waals surface area (Å²) in [4.78, 5) is 32.2. The number of H-pyrrole nitrogens is 1. The number of hydrogen-bond acceptors (Lipinski definition) is 3. The van der Waals surface area contributed by atoms with Crippen LogP contribution in [0.4, 0.5) is 5.95 Å². The molecule has 30 heavy (non-hydrogen) atoms. The quantitative estimate of drug-likeness (QED) is 0.525. The number of rotatable bonds is 5. The second-order valence-corrected chi connectivity index (χ2v) is 7.33. The molecule has 7 heteroatoms. The van der Waals surface area contributed by atoms with Gasteiger partial charge in [0.15, 0.2) is 0 Å². The van der Waals surface area contributed by atoms with Crippen molar-refractivity contribution in [3.05, 3.63) is 58.5 Å². The topological polar surface area (TPSA) is 84.7 Å². The van der Waals surface area contributed by atoms with Gasteiger partial charge in [0.05, 0.1) is 22.4 Å². The van der Waals surface area contributed by atoms with E-state index < -0.39 is 0 Å². The van der Waals surface area contributed by atoms with Crippen molar-refractivity contribution in [1.82, 2.24) is 19.1 Å². The summed E-state index contributed by atoms with van der Waals surface area (Å²) in [6.07, 6.45) is 0. The molecule has 0 aliphatic carbocycles. The van der Waals surface area contributed by atoms with Crippen molar-refractivity contribution in [3.63, 3.8) is 0 Å². The average Bonchev–Trinajstić information content (AvgIpc) is 3.24. The predicted molar refractivity (Wildman–Crippen MR) is 120 cm³/mol. The summed E-state index contributed by atoms with van der Waals surface area (Å²) in [5.74, 6) is 0.203. The summed E-state index contributed by atoms with van der Waals surface area (Å²) in [6.45, 7) is 8.64. The molecule has 0 radical (unpaired) electrons. The van der Waals surface area contributed by atoms with E-state index in [2.05, 4.69) is 21.4 Å². The van der Waals surface area contributed by atoms with Crippen molar-refractivity contribution in [1.29, 1.82) is 0 Å². The lowest BCUT2D eigenvalue weighted by Crippen LogP contribution is -2.22. The highest BCUT2D eigenvalue weighted by molar-refractivity contribution is 5.90. The summed E-state index contributed by atoms with van der Waals surface area (Å²) >= 11 is 0. The van der Waals surface area contributed by atoms with E-state index in [9.17, 15) is 9.59 Å². The second-order valence-electron chi connectivity index (χ2n) is 7.33. The minimum Gasteiger partial charge on any atom is -0.323 e. The molecule has 0 bridgehead atoms. The molecule has 4 aromatic rings. The van der Waals surface area contributed by atoms with Gasteiger partial charge in [-0.15, -0.1) is 0 Å². The number of nitrogens with one attached hydrogen (secondary N) is 2. The molecule has 2 aromatic carbocycles. The van der Waals surface area contributed by atoms with Gasteiger partial charge in [0.25, 0.3) is 0 Å². The molecular formula is C23H25N5O2. The van der Waals surface area contributed by atoms with Crippen LogP contribution in [-0.2, 0) is 17.9 Å². The van der Waals surface area contributed by atoms with Gasteiger partial charge in [0.2, 0.25) is 11.9 Å². The third-order valence-corrected chi connectivity index (χ3v) is 5.23. The van der Waals surface area contributed by atoms with E-state index >= 15 is 0 Å². The minimum absolute atomic E-state index is 0.00500. The van der Waals surface area contributed by atoms with Gasteiger partial charge >= 0.3 is 5.69 Å². The molecule has 0 saturated heterocycles. The molecule has 0 unspecified atom stereocenters. The SMILES string of the molecule is CCn1c(=O)n(CC)c2cc(-c3[nH]c(NC(C)=O)nc3-c3cccc(C)c3)ccc21. The van der Waals surface area contributed by atoms with E-state index in [0.29, 0.717) is 19.0 Å². The van der Waals surface area contributed by atoms with Gasteiger partial charge < -0.3 is 4.98 Å². The Labute approximate surface area is 174 Å². The number of anilines is 1. The monoisotopic (exact) mass is 403 g/mol. The van der Waals surface area contributed by atoms with Gasteiger partial charge in [-0.25, -0.2) is 9.78 Å². The Bertz CT molecular complexity index is 1310. The normalized spacial score (nSPS) is 11.2. The third kappa shape index (κ3) is 3.32. The van der Waals surface area contributed by atoms with Crippen LogP contribution in [0.15, 0.2) is 47.3 Å². The van der Waals surface area contributed by atoms with Crippen molar-refractivity contribution < 1.29 is 4.79 Å². The van der Waals surface area contributed by atoms with Crippen LogP contribution in [0.1, 0.15) is 26.3 Å². The van der Waals surface area contributed by atoms with Crippen LogP contribution < -0.4 is 11.0 Å². The lowest BCUT2D eigenvalue weighted by molar-refractivity contribution is -0.114. The number of benzene rings is 2. The van der Waals surface area contributed by atoms with E-state index in [4.69, 9.17) is 0 Å². The molecule has 0 saturated carbocycles. The van der Waals surface area contributed by atoms with Crippen LogP contribution in [0, 0.1) is 6.92 Å². The maximum Gasteiger partial charge on any atom is 0.329 e. The zero-order valence-electron chi connectivity index (χ0n) is 17.6. The number of hydrogen-bond donors (Lipinski definition) is 2. The molecule has 1 amide bonds. The Morgan fingerprint density at radius 3 is 2.43 bits per heavy atom. The van der Waals surface area contributed by atoms with E-state index in [1.54, 1.807) is 9.13 Å². The van der Waals surface area contributed by atoms with E-state index in [0.717, 1.165) is 39.1 Å². The van der Waals surface area contributed by atoms with E-state index in [1.807, 2.05) is 57.2 Å². The number of fused-ring (bicyclic) bond motifs is 1. The number of aromatic nitrogens is 4. The van der Waals surface area contributed by atoms with Crippen LogP contribution in [0.5, 0.6) is 0 Å². The van der Waals surface area contributed by atoms with E-state index in [1.165, 1.54) is 6.92 Å². The van der Waals surface area contributed by atoms with Crippen molar-refractivity contribution in [2.45, 2.75) is 40.8 Å². The Morgan fingerprint density at radius 1 is 1.03 bits per heavy atom. The molecule has 0 fully saturated rings. The van der Waals surface area contributed by atoms with Crippen molar-refractivity contribution in [2.24, 2.45) is 0 Å². The van der Waals surface area contributed by atoms with Crippen molar-refractivity contribution in [2.75, 3.05) is 5.32 Å². The maximum atomic E-state index is 12.7. The number of amides is 1. The fourth-order valence-electron chi connectivity index (χ4n) is 3.90. The zero-order chi connectivity index (χ0) is 21.4. The second kappa shape index (κ2) is 7.67. The lowest BCUT2D eigenvalue weighted by Gasteiger charge is -2.06. The molecule has 2 N–H and O–H groups in total. The van der Waals surface area contributed by atoms with Crippen LogP contribution >= 0.6 is 0 Å². The number of imidazole rings is 2. The minimum atomic E-state index is -0.193. The molecule has 0 spiro atoms. The highest BCUT2D eigenvalue weighted by Crippen LogP contribution is 2.33. The summed E-state index contributed by atoms with van der Waals surface area (Å²) in [5.41, 5.74) is 6.31. The molecule has 0 aliphatic heterocycles. The molecular weight excluding hydrogens is 378 g/mol. The standard InChI is InChI=1S/C23H25N5O2/c1-5-27-18-11-10-17(13-19(18)28(6-2)23(27)30)21-20(16-9-7-8-14(3)12-16)25-22(26-21)24-15(4)29/h7-13H,5-6H2,1-4H3,(H2,24,25,26,29). The molecule has 154 valence electrons. The largest absolute Gasteiger partial charge is 0.329 e. The van der Waals surface area contributed by atoms with Crippen LogP contribution in [0.3, 0.4) is 0 Å². The Kier molecular flexibility index (Phi) is 5.03. The third-order valence-electron chi connectivity index (χ3n) is 5.23. The molecule has 4 rings (SSSR count). The average molecular weight is 403 g/mol. The van der Waals surface area contributed by atoms with Gasteiger partial charge in [-0.05, 0) is 39.0 Å². The van der Waals surface area contributed by atoms with Gasteiger partial charge in [0, 0.05) is 31.1 Å². The molecule has 7 nitrogen and oxygen atoms in total. The first-order chi connectivity index (χ1) is 14.4. The summed E-state index contributed by atoms with van der Waals surface area (Å²) in [7, 11) is 0. The lowest BCUT2D eigenvalue weighted by atomic mass is 10.0. The van der Waals surface area contributed by atoms with Gasteiger partial charge in [0.1, 0.15) is 0 Å². The smallest absolute Gasteiger partial charge is 0.323 e. The number of nitrogens with zero attached hydrogens (tertiary/aromatic N) is 3.